The zero-order chi connectivity index (χ0) is 13.9. The van der Waals surface area contributed by atoms with Crippen LogP contribution in [0.3, 0.4) is 0 Å². The van der Waals surface area contributed by atoms with E-state index in [0.717, 1.165) is 33.7 Å². The van der Waals surface area contributed by atoms with Gasteiger partial charge in [-0.3, -0.25) is 4.98 Å². The number of furan rings is 1. The van der Waals surface area contributed by atoms with E-state index in [1.165, 1.54) is 0 Å². The summed E-state index contributed by atoms with van der Waals surface area (Å²) < 4.78 is 11.5. The third-order valence-corrected chi connectivity index (χ3v) is 3.23. The van der Waals surface area contributed by atoms with Crippen LogP contribution < -0.4 is 10.5 Å². The van der Waals surface area contributed by atoms with Gasteiger partial charge >= 0.3 is 0 Å². The van der Waals surface area contributed by atoms with Gasteiger partial charge in [0.15, 0.2) is 0 Å². The molecule has 3 aromatic rings. The molecule has 0 aliphatic rings. The van der Waals surface area contributed by atoms with Crippen molar-refractivity contribution in [2.24, 2.45) is 5.73 Å². The van der Waals surface area contributed by atoms with Crippen LogP contribution >= 0.6 is 0 Å². The first kappa shape index (κ1) is 12.7. The molecule has 3 rings (SSSR count). The third-order valence-electron chi connectivity index (χ3n) is 3.23. The second-order valence-corrected chi connectivity index (χ2v) is 4.63. The number of aromatic nitrogens is 1. The molecule has 0 saturated carbocycles. The minimum Gasteiger partial charge on any atom is -0.487 e. The van der Waals surface area contributed by atoms with E-state index in [2.05, 4.69) is 4.98 Å². The molecule has 4 heteroatoms. The molecular weight excluding hydrogens is 252 g/mol. The van der Waals surface area contributed by atoms with Crippen molar-refractivity contribution < 1.29 is 9.15 Å². The van der Waals surface area contributed by atoms with Crippen molar-refractivity contribution in [1.29, 1.82) is 0 Å². The lowest BCUT2D eigenvalue weighted by Crippen LogP contribution is -2.02. The third kappa shape index (κ3) is 2.38. The molecule has 4 nitrogen and oxygen atoms in total. The number of nitrogens with zero attached hydrogens (tertiary/aromatic N) is 1. The Kier molecular flexibility index (Phi) is 3.39. The fourth-order valence-corrected chi connectivity index (χ4v) is 2.17. The van der Waals surface area contributed by atoms with Gasteiger partial charge in [-0.1, -0.05) is 18.2 Å². The first-order valence-corrected chi connectivity index (χ1v) is 6.52. The lowest BCUT2D eigenvalue weighted by molar-refractivity contribution is 0.302. The maximum Gasteiger partial charge on any atom is 0.138 e. The second kappa shape index (κ2) is 5.35. The molecule has 0 unspecified atom stereocenters. The number of aryl methyl sites for hydroxylation is 1. The van der Waals surface area contributed by atoms with E-state index in [-0.39, 0.29) is 0 Å². The molecule has 0 saturated heterocycles. The predicted octanol–water partition coefficient (Wildman–Crippen LogP) is 3.17. The zero-order valence-corrected chi connectivity index (χ0v) is 11.3. The Hall–Kier alpha value is -2.33. The van der Waals surface area contributed by atoms with Crippen LogP contribution in [0.1, 0.15) is 17.0 Å². The van der Waals surface area contributed by atoms with Crippen molar-refractivity contribution in [2.45, 2.75) is 20.1 Å². The summed E-state index contributed by atoms with van der Waals surface area (Å²) in [5, 5.41) is 1.05. The summed E-state index contributed by atoms with van der Waals surface area (Å²) in [4.78, 5) is 4.21. The molecule has 2 N–H and O–H groups in total. The van der Waals surface area contributed by atoms with Crippen molar-refractivity contribution in [2.75, 3.05) is 0 Å². The van der Waals surface area contributed by atoms with Gasteiger partial charge in [0.25, 0.3) is 0 Å². The lowest BCUT2D eigenvalue weighted by atomic mass is 10.1. The standard InChI is InChI=1S/C16H16N2O2/c1-11-6-7-12(9-18-11)19-10-14-13-4-2-3-5-15(13)20-16(14)8-17/h2-7,9H,8,10,17H2,1H3. The number of hydrogen-bond donors (Lipinski definition) is 1. The van der Waals surface area contributed by atoms with Crippen molar-refractivity contribution in [3.05, 3.63) is 59.6 Å². The molecule has 0 amide bonds. The van der Waals surface area contributed by atoms with E-state index in [9.17, 15) is 0 Å². The Morgan fingerprint density at radius 2 is 2.05 bits per heavy atom. The second-order valence-electron chi connectivity index (χ2n) is 4.63. The Morgan fingerprint density at radius 1 is 1.20 bits per heavy atom. The molecule has 0 spiro atoms. The molecule has 2 aromatic heterocycles. The van der Waals surface area contributed by atoms with Gasteiger partial charge in [-0.2, -0.15) is 0 Å². The summed E-state index contributed by atoms with van der Waals surface area (Å²) in [6.07, 6.45) is 1.72. The van der Waals surface area contributed by atoms with E-state index in [4.69, 9.17) is 14.9 Å². The lowest BCUT2D eigenvalue weighted by Gasteiger charge is -2.06. The average molecular weight is 268 g/mol. The minimum absolute atomic E-state index is 0.361. The number of hydrogen-bond acceptors (Lipinski definition) is 4. The van der Waals surface area contributed by atoms with E-state index >= 15 is 0 Å². The molecule has 0 aliphatic heterocycles. The van der Waals surface area contributed by atoms with Gasteiger partial charge in [0.1, 0.15) is 23.7 Å². The maximum absolute atomic E-state index is 5.78. The maximum atomic E-state index is 5.78. The molecule has 2 heterocycles. The van der Waals surface area contributed by atoms with Crippen LogP contribution in [0.25, 0.3) is 11.0 Å². The Bertz CT molecular complexity index is 717. The summed E-state index contributed by atoms with van der Waals surface area (Å²) in [6.45, 7) is 2.73. The average Bonchev–Trinajstić information content (AvgIpc) is 2.84. The van der Waals surface area contributed by atoms with Crippen LogP contribution in [0.4, 0.5) is 0 Å². The summed E-state index contributed by atoms with van der Waals surface area (Å²) in [5.74, 6) is 1.51. The topological polar surface area (TPSA) is 61.3 Å². The Morgan fingerprint density at radius 3 is 2.80 bits per heavy atom. The van der Waals surface area contributed by atoms with Gasteiger partial charge in [0, 0.05) is 16.6 Å². The van der Waals surface area contributed by atoms with Crippen molar-refractivity contribution in [3.8, 4) is 5.75 Å². The van der Waals surface area contributed by atoms with E-state index in [1.807, 2.05) is 43.3 Å². The first-order chi connectivity index (χ1) is 9.78. The molecule has 0 fully saturated rings. The predicted molar refractivity (Wildman–Crippen MR) is 77.4 cm³/mol. The SMILES string of the molecule is Cc1ccc(OCc2c(CN)oc3ccccc23)cn1. The number of benzene rings is 1. The molecule has 1 aromatic carbocycles. The smallest absolute Gasteiger partial charge is 0.138 e. The summed E-state index contributed by atoms with van der Waals surface area (Å²) in [7, 11) is 0. The number of ether oxygens (including phenoxy) is 1. The van der Waals surface area contributed by atoms with Gasteiger partial charge < -0.3 is 14.9 Å². The van der Waals surface area contributed by atoms with Gasteiger partial charge in [0.2, 0.25) is 0 Å². The highest BCUT2D eigenvalue weighted by atomic mass is 16.5. The molecule has 102 valence electrons. The highest BCUT2D eigenvalue weighted by molar-refractivity contribution is 5.82. The molecule has 0 atom stereocenters. The number of rotatable bonds is 4. The van der Waals surface area contributed by atoms with Gasteiger partial charge in [-0.15, -0.1) is 0 Å². The van der Waals surface area contributed by atoms with Crippen molar-refractivity contribution in [1.82, 2.24) is 4.98 Å². The molecule has 0 bridgehead atoms. The Labute approximate surface area is 117 Å². The first-order valence-electron chi connectivity index (χ1n) is 6.52. The van der Waals surface area contributed by atoms with E-state index in [0.29, 0.717) is 13.2 Å². The van der Waals surface area contributed by atoms with Crippen LogP contribution in [-0.4, -0.2) is 4.98 Å². The minimum atomic E-state index is 0.361. The van der Waals surface area contributed by atoms with Crippen LogP contribution in [0.15, 0.2) is 47.0 Å². The van der Waals surface area contributed by atoms with Crippen molar-refractivity contribution in [3.63, 3.8) is 0 Å². The fraction of sp³-hybridized carbons (Fsp3) is 0.188. The van der Waals surface area contributed by atoms with Crippen LogP contribution in [0.2, 0.25) is 0 Å². The number of para-hydroxylation sites is 1. The van der Waals surface area contributed by atoms with Crippen molar-refractivity contribution >= 4 is 11.0 Å². The summed E-state index contributed by atoms with van der Waals surface area (Å²) in [6, 6.07) is 11.7. The Balaban J connectivity index is 1.88. The van der Waals surface area contributed by atoms with Gasteiger partial charge in [0.05, 0.1) is 12.7 Å². The largest absolute Gasteiger partial charge is 0.487 e. The van der Waals surface area contributed by atoms with Crippen LogP contribution in [-0.2, 0) is 13.2 Å². The van der Waals surface area contributed by atoms with Crippen LogP contribution in [0, 0.1) is 6.92 Å². The van der Waals surface area contributed by atoms with Gasteiger partial charge in [-0.25, -0.2) is 0 Å². The van der Waals surface area contributed by atoms with E-state index in [1.54, 1.807) is 6.20 Å². The fourth-order valence-electron chi connectivity index (χ4n) is 2.17. The number of pyridine rings is 1. The number of nitrogens with two attached hydrogens (primary N) is 1. The molecular formula is C16H16N2O2. The summed E-state index contributed by atoms with van der Waals surface area (Å²) >= 11 is 0. The quantitative estimate of drug-likeness (QED) is 0.789. The monoisotopic (exact) mass is 268 g/mol. The number of fused-ring (bicyclic) bond motifs is 1. The summed E-state index contributed by atoms with van der Waals surface area (Å²) in [5.41, 5.74) is 8.55. The highest BCUT2D eigenvalue weighted by Gasteiger charge is 2.13. The van der Waals surface area contributed by atoms with E-state index < -0.39 is 0 Å². The van der Waals surface area contributed by atoms with Crippen LogP contribution in [0.5, 0.6) is 5.75 Å². The molecule has 0 radical (unpaired) electrons. The van der Waals surface area contributed by atoms with Gasteiger partial charge in [-0.05, 0) is 25.1 Å². The molecule has 0 aliphatic carbocycles. The molecule has 20 heavy (non-hydrogen) atoms. The highest BCUT2D eigenvalue weighted by Crippen LogP contribution is 2.26. The zero-order valence-electron chi connectivity index (χ0n) is 11.3. The normalized spacial score (nSPS) is 10.9.